The highest BCUT2D eigenvalue weighted by molar-refractivity contribution is 7.80. The van der Waals surface area contributed by atoms with Gasteiger partial charge in [0.15, 0.2) is 5.11 Å². The maximum Gasteiger partial charge on any atom is 0.417 e. The summed E-state index contributed by atoms with van der Waals surface area (Å²) in [6, 6.07) is 9.20. The molecule has 0 radical (unpaired) electrons. The molecule has 0 fully saturated rings. The van der Waals surface area contributed by atoms with Crippen LogP contribution in [0.5, 0.6) is 5.75 Å². The number of anilines is 1. The van der Waals surface area contributed by atoms with Crippen molar-refractivity contribution in [1.29, 1.82) is 0 Å². The zero-order valence-electron chi connectivity index (χ0n) is 15.1. The van der Waals surface area contributed by atoms with Crippen molar-refractivity contribution in [2.45, 2.75) is 33.0 Å². The van der Waals surface area contributed by atoms with Crippen LogP contribution in [0.25, 0.3) is 0 Å². The monoisotopic (exact) mass is 416 g/mol. The van der Waals surface area contributed by atoms with Gasteiger partial charge in [0.1, 0.15) is 12.4 Å². The summed E-state index contributed by atoms with van der Waals surface area (Å²) in [5, 5.41) is 5.55. The van der Waals surface area contributed by atoms with Crippen LogP contribution in [0.1, 0.15) is 23.6 Å². The van der Waals surface area contributed by atoms with E-state index in [0.717, 1.165) is 17.4 Å². The lowest BCUT2D eigenvalue weighted by Gasteiger charge is -2.19. The Bertz CT molecular complexity index is 827. The third kappa shape index (κ3) is 6.29. The fraction of sp³-hybridized carbons (Fsp3) is 0.316. The average Bonchev–Trinajstić information content (AvgIpc) is 2.56. The molecule has 0 aromatic heterocycles. The summed E-state index contributed by atoms with van der Waals surface area (Å²) in [7, 11) is 0. The van der Waals surface area contributed by atoms with Crippen LogP contribution in [0.15, 0.2) is 36.4 Å². The average molecular weight is 417 g/mol. The molecule has 2 rings (SSSR count). The van der Waals surface area contributed by atoms with Crippen LogP contribution >= 0.6 is 23.8 Å². The number of thiocarbonyl (C=S) groups is 1. The molecule has 0 aliphatic rings. The van der Waals surface area contributed by atoms with Gasteiger partial charge in [0.2, 0.25) is 0 Å². The first-order valence-electron chi connectivity index (χ1n) is 8.20. The van der Waals surface area contributed by atoms with Crippen molar-refractivity contribution in [3.63, 3.8) is 0 Å². The van der Waals surface area contributed by atoms with Crippen LogP contribution in [-0.4, -0.2) is 17.8 Å². The molecule has 0 bridgehead atoms. The fourth-order valence-corrected chi connectivity index (χ4v) is 2.82. The van der Waals surface area contributed by atoms with Gasteiger partial charge in [0, 0.05) is 5.69 Å². The second kappa shape index (κ2) is 8.80. The third-order valence-corrected chi connectivity index (χ3v) is 4.43. The van der Waals surface area contributed by atoms with E-state index < -0.39 is 11.7 Å². The van der Waals surface area contributed by atoms with E-state index in [4.69, 9.17) is 28.6 Å². The highest BCUT2D eigenvalue weighted by Gasteiger charge is 2.33. The van der Waals surface area contributed by atoms with Crippen molar-refractivity contribution in [1.82, 2.24) is 5.32 Å². The summed E-state index contributed by atoms with van der Waals surface area (Å²) in [6.07, 6.45) is -4.53. The van der Waals surface area contributed by atoms with Crippen molar-refractivity contribution < 1.29 is 17.9 Å². The van der Waals surface area contributed by atoms with Crippen LogP contribution in [-0.2, 0) is 6.18 Å². The Kier molecular flexibility index (Phi) is 6.95. The lowest BCUT2D eigenvalue weighted by atomic mass is 10.1. The molecular weight excluding hydrogens is 397 g/mol. The number of hydrogen-bond donors (Lipinski definition) is 2. The van der Waals surface area contributed by atoms with Crippen molar-refractivity contribution in [2.24, 2.45) is 0 Å². The van der Waals surface area contributed by atoms with Gasteiger partial charge in [-0.05, 0) is 74.4 Å². The second-order valence-electron chi connectivity index (χ2n) is 6.25. The van der Waals surface area contributed by atoms with E-state index in [9.17, 15) is 13.2 Å². The molecule has 0 saturated carbocycles. The molecule has 1 unspecified atom stereocenters. The molecular formula is C19H20ClF3N2OS. The molecule has 0 saturated heterocycles. The fourth-order valence-electron chi connectivity index (χ4n) is 2.28. The third-order valence-electron chi connectivity index (χ3n) is 3.89. The zero-order valence-corrected chi connectivity index (χ0v) is 16.6. The molecule has 8 heteroatoms. The molecule has 0 amide bonds. The lowest BCUT2D eigenvalue weighted by molar-refractivity contribution is -0.137. The van der Waals surface area contributed by atoms with Crippen molar-refractivity contribution >= 4 is 34.6 Å². The summed E-state index contributed by atoms with van der Waals surface area (Å²) in [5.41, 5.74) is 1.60. The number of aryl methyl sites for hydroxylation is 2. The van der Waals surface area contributed by atoms with E-state index in [1.807, 2.05) is 39.0 Å². The minimum Gasteiger partial charge on any atom is -0.491 e. The molecule has 2 N–H and O–H groups in total. The molecule has 1 atom stereocenters. The highest BCUT2D eigenvalue weighted by atomic mass is 35.5. The SMILES string of the molecule is Cc1ccc(OCC(C)NC(=S)Nc2ccc(Cl)c(C(F)(F)F)c2)cc1C. The van der Waals surface area contributed by atoms with Gasteiger partial charge in [0.05, 0.1) is 16.6 Å². The molecule has 146 valence electrons. The van der Waals surface area contributed by atoms with Crippen LogP contribution in [0.2, 0.25) is 5.02 Å². The van der Waals surface area contributed by atoms with Crippen LogP contribution < -0.4 is 15.4 Å². The lowest BCUT2D eigenvalue weighted by Crippen LogP contribution is -2.39. The maximum atomic E-state index is 12.9. The standard InChI is InChI=1S/C19H20ClF3N2OS/c1-11-4-6-15(8-12(11)2)26-10-13(3)24-18(27)25-14-5-7-17(20)16(9-14)19(21,22)23/h4-9,13H,10H2,1-3H3,(H2,24,25,27). The first-order chi connectivity index (χ1) is 12.6. The number of rotatable bonds is 5. The van der Waals surface area contributed by atoms with Crippen LogP contribution in [0.4, 0.5) is 18.9 Å². The van der Waals surface area contributed by atoms with Crippen molar-refractivity contribution in [3.8, 4) is 5.75 Å². The van der Waals surface area contributed by atoms with Crippen LogP contribution in [0.3, 0.4) is 0 Å². The van der Waals surface area contributed by atoms with E-state index in [1.54, 1.807) is 0 Å². The van der Waals surface area contributed by atoms with Gasteiger partial charge in [-0.1, -0.05) is 17.7 Å². The quantitative estimate of drug-likeness (QED) is 0.610. The minimum atomic E-state index is -4.53. The summed E-state index contributed by atoms with van der Waals surface area (Å²) in [5.74, 6) is 0.748. The molecule has 0 spiro atoms. The van der Waals surface area contributed by atoms with Gasteiger partial charge in [-0.3, -0.25) is 0 Å². The van der Waals surface area contributed by atoms with Gasteiger partial charge in [-0.15, -0.1) is 0 Å². The van der Waals surface area contributed by atoms with E-state index in [2.05, 4.69) is 10.6 Å². The first-order valence-corrected chi connectivity index (χ1v) is 8.99. The van der Waals surface area contributed by atoms with E-state index in [0.29, 0.717) is 6.61 Å². The highest BCUT2D eigenvalue weighted by Crippen LogP contribution is 2.36. The van der Waals surface area contributed by atoms with Crippen LogP contribution in [0, 0.1) is 13.8 Å². The number of alkyl halides is 3. The number of halogens is 4. The Morgan fingerprint density at radius 1 is 1.15 bits per heavy atom. The van der Waals surface area contributed by atoms with Crippen molar-refractivity contribution in [2.75, 3.05) is 11.9 Å². The Morgan fingerprint density at radius 3 is 2.48 bits per heavy atom. The number of nitrogens with one attached hydrogen (secondary N) is 2. The van der Waals surface area contributed by atoms with Gasteiger partial charge < -0.3 is 15.4 Å². The molecule has 0 heterocycles. The first kappa shape index (κ1) is 21.3. The van der Waals surface area contributed by atoms with E-state index in [-0.39, 0.29) is 21.9 Å². The largest absolute Gasteiger partial charge is 0.491 e. The normalized spacial score (nSPS) is 12.4. The zero-order chi connectivity index (χ0) is 20.2. The smallest absolute Gasteiger partial charge is 0.417 e. The molecule has 2 aromatic rings. The predicted molar refractivity (Wildman–Crippen MR) is 107 cm³/mol. The van der Waals surface area contributed by atoms with Gasteiger partial charge in [-0.25, -0.2) is 0 Å². The van der Waals surface area contributed by atoms with Gasteiger partial charge in [-0.2, -0.15) is 13.2 Å². The Balaban J connectivity index is 1.90. The number of benzene rings is 2. The van der Waals surface area contributed by atoms with Gasteiger partial charge >= 0.3 is 6.18 Å². The summed E-state index contributed by atoms with van der Waals surface area (Å²) in [6.45, 7) is 6.23. The Morgan fingerprint density at radius 2 is 1.85 bits per heavy atom. The van der Waals surface area contributed by atoms with E-state index in [1.165, 1.54) is 17.7 Å². The summed E-state index contributed by atoms with van der Waals surface area (Å²) < 4.78 is 44.5. The van der Waals surface area contributed by atoms with Crippen molar-refractivity contribution in [3.05, 3.63) is 58.1 Å². The Labute approximate surface area is 166 Å². The second-order valence-corrected chi connectivity index (χ2v) is 7.06. The predicted octanol–water partition coefficient (Wildman–Crippen LogP) is 5.73. The minimum absolute atomic E-state index is 0.152. The Hall–Kier alpha value is -1.99. The molecule has 0 aliphatic carbocycles. The molecule has 0 aliphatic heterocycles. The van der Waals surface area contributed by atoms with E-state index >= 15 is 0 Å². The number of ether oxygens (including phenoxy) is 1. The number of hydrogen-bond acceptors (Lipinski definition) is 2. The molecule has 27 heavy (non-hydrogen) atoms. The molecule has 2 aromatic carbocycles. The maximum absolute atomic E-state index is 12.9. The van der Waals surface area contributed by atoms with Gasteiger partial charge in [0.25, 0.3) is 0 Å². The molecule has 3 nitrogen and oxygen atoms in total. The summed E-state index contributed by atoms with van der Waals surface area (Å²) in [4.78, 5) is 0. The summed E-state index contributed by atoms with van der Waals surface area (Å²) >= 11 is 10.8. The topological polar surface area (TPSA) is 33.3 Å².